The third-order valence-electron chi connectivity index (χ3n) is 7.56. The van der Waals surface area contributed by atoms with Crippen molar-refractivity contribution in [1.82, 2.24) is 26.3 Å². The molecule has 5 atom stereocenters. The van der Waals surface area contributed by atoms with Crippen LogP contribution in [0.2, 0.25) is 0 Å². The molecule has 4 amide bonds. The summed E-state index contributed by atoms with van der Waals surface area (Å²) in [7, 11) is 0. The fourth-order valence-corrected chi connectivity index (χ4v) is 4.76. The maximum atomic E-state index is 13.7. The van der Waals surface area contributed by atoms with Crippen molar-refractivity contribution < 1.29 is 29.0 Å². The molecular formula is C35H53N5O6. The Morgan fingerprint density at radius 1 is 0.826 bits per heavy atom. The van der Waals surface area contributed by atoms with Gasteiger partial charge in [0.25, 0.3) is 0 Å². The standard InChI is InChI=1S/C35H53N5O6/c1-7-25(6)21-37-32(42)20-31(41)28(17-23(2)3)38-33(43)29(18-24(4)5)39-34(44)30(19-27-15-11-12-16-36-27)40-35(45)46-22-26-13-9-8-10-14-26/h8-16,23-25,28-31,41H,7,17-22H2,1-6H3,(H,37,42)(H,38,43)(H,39,44)(H,40,45)/t25?,28?,29-,30-,31?/m0/s1. The van der Waals surface area contributed by atoms with Crippen molar-refractivity contribution in [2.24, 2.45) is 17.8 Å². The number of alkyl carbamates (subject to hydrolysis) is 1. The molecule has 0 aliphatic heterocycles. The van der Waals surface area contributed by atoms with E-state index in [-0.39, 0.29) is 37.2 Å². The molecule has 5 N–H and O–H groups in total. The third-order valence-corrected chi connectivity index (χ3v) is 7.56. The normalized spacial score (nSPS) is 14.5. The molecule has 0 radical (unpaired) electrons. The van der Waals surface area contributed by atoms with E-state index in [0.717, 1.165) is 12.0 Å². The molecule has 11 heteroatoms. The Hall–Kier alpha value is -3.99. The Balaban J connectivity index is 2.16. The number of hydrogen-bond acceptors (Lipinski definition) is 7. The van der Waals surface area contributed by atoms with Gasteiger partial charge in [0.2, 0.25) is 17.7 Å². The Morgan fingerprint density at radius 3 is 2.09 bits per heavy atom. The SMILES string of the molecule is CCC(C)CNC(=O)CC(O)C(CC(C)C)NC(=O)[C@H](CC(C)C)NC(=O)[C@H](Cc1ccccn1)NC(=O)OCc1ccccc1. The van der Waals surface area contributed by atoms with Gasteiger partial charge in [-0.15, -0.1) is 0 Å². The van der Waals surface area contributed by atoms with Crippen molar-refractivity contribution in [1.29, 1.82) is 0 Å². The fraction of sp³-hybridized carbons (Fsp3) is 0.571. The molecule has 3 unspecified atom stereocenters. The van der Waals surface area contributed by atoms with E-state index in [1.54, 1.807) is 24.4 Å². The average Bonchev–Trinajstić information content (AvgIpc) is 3.02. The molecule has 0 spiro atoms. The Labute approximate surface area is 273 Å². The van der Waals surface area contributed by atoms with Crippen LogP contribution in [0.5, 0.6) is 0 Å². The lowest BCUT2D eigenvalue weighted by molar-refractivity contribution is -0.131. The van der Waals surface area contributed by atoms with E-state index in [1.165, 1.54) is 0 Å². The Morgan fingerprint density at radius 2 is 1.48 bits per heavy atom. The van der Waals surface area contributed by atoms with Gasteiger partial charge in [0, 0.05) is 24.9 Å². The van der Waals surface area contributed by atoms with Crippen LogP contribution >= 0.6 is 0 Å². The minimum atomic E-state index is -1.11. The molecule has 1 aromatic carbocycles. The van der Waals surface area contributed by atoms with Crippen LogP contribution in [0.4, 0.5) is 4.79 Å². The van der Waals surface area contributed by atoms with Crippen LogP contribution in [0.15, 0.2) is 54.7 Å². The average molecular weight is 640 g/mol. The Kier molecular flexibility index (Phi) is 16.8. The highest BCUT2D eigenvalue weighted by Gasteiger charge is 2.31. The molecule has 46 heavy (non-hydrogen) atoms. The van der Waals surface area contributed by atoms with Crippen LogP contribution in [0, 0.1) is 17.8 Å². The second-order valence-electron chi connectivity index (χ2n) is 12.8. The van der Waals surface area contributed by atoms with E-state index in [1.807, 2.05) is 71.9 Å². The largest absolute Gasteiger partial charge is 0.445 e. The lowest BCUT2D eigenvalue weighted by Gasteiger charge is -2.29. The third kappa shape index (κ3) is 14.9. The molecule has 11 nitrogen and oxygen atoms in total. The highest BCUT2D eigenvalue weighted by Crippen LogP contribution is 2.14. The summed E-state index contributed by atoms with van der Waals surface area (Å²) in [6.45, 7) is 12.4. The van der Waals surface area contributed by atoms with Crippen LogP contribution < -0.4 is 21.3 Å². The van der Waals surface area contributed by atoms with Crippen LogP contribution in [0.25, 0.3) is 0 Å². The van der Waals surface area contributed by atoms with Crippen molar-refractivity contribution in [2.75, 3.05) is 6.54 Å². The lowest BCUT2D eigenvalue weighted by atomic mass is 9.95. The second kappa shape index (κ2) is 20.2. The van der Waals surface area contributed by atoms with Crippen molar-refractivity contribution in [3.63, 3.8) is 0 Å². The van der Waals surface area contributed by atoms with Gasteiger partial charge in [-0.3, -0.25) is 19.4 Å². The molecule has 0 saturated heterocycles. The van der Waals surface area contributed by atoms with Gasteiger partial charge in [0.15, 0.2) is 0 Å². The number of carbonyl (C=O) groups is 4. The molecule has 254 valence electrons. The highest BCUT2D eigenvalue weighted by atomic mass is 16.5. The van der Waals surface area contributed by atoms with Crippen molar-refractivity contribution in [3.8, 4) is 0 Å². The zero-order chi connectivity index (χ0) is 34.1. The molecule has 0 fully saturated rings. The van der Waals surface area contributed by atoms with Gasteiger partial charge < -0.3 is 31.1 Å². The predicted octanol–water partition coefficient (Wildman–Crippen LogP) is 3.89. The topological polar surface area (TPSA) is 159 Å². The summed E-state index contributed by atoms with van der Waals surface area (Å²) in [5.74, 6) is -0.868. The molecule has 0 aliphatic rings. The monoisotopic (exact) mass is 639 g/mol. The molecule has 0 aliphatic carbocycles. The number of pyridine rings is 1. The number of aliphatic hydroxyl groups excluding tert-OH is 1. The maximum Gasteiger partial charge on any atom is 0.408 e. The minimum absolute atomic E-state index is 0.0260. The second-order valence-corrected chi connectivity index (χ2v) is 12.8. The molecule has 2 aromatic rings. The smallest absolute Gasteiger partial charge is 0.408 e. The summed E-state index contributed by atoms with van der Waals surface area (Å²) < 4.78 is 5.36. The first kappa shape index (κ1) is 38.2. The first-order valence-corrected chi connectivity index (χ1v) is 16.3. The summed E-state index contributed by atoms with van der Waals surface area (Å²) in [4.78, 5) is 56.9. The van der Waals surface area contributed by atoms with Gasteiger partial charge >= 0.3 is 6.09 Å². The number of nitrogens with one attached hydrogen (secondary N) is 4. The first-order valence-electron chi connectivity index (χ1n) is 16.3. The number of hydrogen-bond donors (Lipinski definition) is 5. The van der Waals surface area contributed by atoms with Crippen LogP contribution in [0.1, 0.15) is 78.5 Å². The maximum absolute atomic E-state index is 13.7. The van der Waals surface area contributed by atoms with E-state index in [2.05, 4.69) is 26.3 Å². The zero-order valence-electron chi connectivity index (χ0n) is 28.1. The molecule has 0 bridgehead atoms. The fourth-order valence-electron chi connectivity index (χ4n) is 4.76. The van der Waals surface area contributed by atoms with E-state index in [0.29, 0.717) is 31.0 Å². The van der Waals surface area contributed by atoms with Crippen LogP contribution in [-0.2, 0) is 32.1 Å². The number of rotatable bonds is 19. The molecular weight excluding hydrogens is 586 g/mol. The molecule has 0 saturated carbocycles. The minimum Gasteiger partial charge on any atom is -0.445 e. The predicted molar refractivity (Wildman–Crippen MR) is 177 cm³/mol. The summed E-state index contributed by atoms with van der Waals surface area (Å²) in [5, 5.41) is 22.2. The van der Waals surface area contributed by atoms with Crippen LogP contribution in [-0.4, -0.2) is 64.7 Å². The summed E-state index contributed by atoms with van der Waals surface area (Å²) in [6, 6.07) is 11.7. The van der Waals surface area contributed by atoms with E-state index >= 15 is 0 Å². The van der Waals surface area contributed by atoms with Gasteiger partial charge in [0.05, 0.1) is 18.6 Å². The Bertz CT molecular complexity index is 1210. The lowest BCUT2D eigenvalue weighted by Crippen LogP contribution is -2.57. The van der Waals surface area contributed by atoms with Crippen molar-refractivity contribution in [2.45, 2.75) is 104 Å². The summed E-state index contributed by atoms with van der Waals surface area (Å²) >= 11 is 0. The summed E-state index contributed by atoms with van der Waals surface area (Å²) in [6.07, 6.45) is 1.29. The number of aromatic nitrogens is 1. The number of aliphatic hydroxyl groups is 1. The quantitative estimate of drug-likeness (QED) is 0.156. The van der Waals surface area contributed by atoms with Crippen LogP contribution in [0.3, 0.4) is 0 Å². The number of carbonyl (C=O) groups excluding carboxylic acids is 4. The van der Waals surface area contributed by atoms with Crippen molar-refractivity contribution in [3.05, 3.63) is 66.0 Å². The number of ether oxygens (including phenoxy) is 1. The van der Waals surface area contributed by atoms with Gasteiger partial charge in [0.1, 0.15) is 18.7 Å². The van der Waals surface area contributed by atoms with E-state index in [4.69, 9.17) is 4.74 Å². The van der Waals surface area contributed by atoms with Crippen molar-refractivity contribution >= 4 is 23.8 Å². The van der Waals surface area contributed by atoms with E-state index in [9.17, 15) is 24.3 Å². The summed E-state index contributed by atoms with van der Waals surface area (Å²) in [5.41, 5.74) is 1.37. The molecule has 1 heterocycles. The van der Waals surface area contributed by atoms with Gasteiger partial charge in [-0.25, -0.2) is 4.79 Å². The number of amides is 4. The molecule has 1 aromatic heterocycles. The van der Waals surface area contributed by atoms with E-state index < -0.39 is 42.1 Å². The molecule has 2 rings (SSSR count). The first-order chi connectivity index (χ1) is 21.9. The van der Waals surface area contributed by atoms with Gasteiger partial charge in [-0.2, -0.15) is 0 Å². The number of nitrogens with zero attached hydrogens (tertiary/aromatic N) is 1. The zero-order valence-corrected chi connectivity index (χ0v) is 28.1. The van der Waals surface area contributed by atoms with Gasteiger partial charge in [-0.05, 0) is 48.3 Å². The van der Waals surface area contributed by atoms with Gasteiger partial charge in [-0.1, -0.05) is 84.4 Å². The highest BCUT2D eigenvalue weighted by molar-refractivity contribution is 5.91. The number of benzene rings is 1.